The van der Waals surface area contributed by atoms with Crippen LogP contribution in [0.2, 0.25) is 0 Å². The standard InChI is InChI=1S/C26H30N2O/c1-20-5-3-7-23(17-20)26(24-8-4-6-21(2)18-24)28-15-13-27(14-16-28)19-22-9-11-25(29)12-10-22/h3-12,17-18,26,29H,13-16,19H2,1-2H3. The van der Waals surface area contributed by atoms with Gasteiger partial charge in [-0.1, -0.05) is 71.8 Å². The molecule has 3 heteroatoms. The first kappa shape index (κ1) is 19.7. The normalized spacial score (nSPS) is 15.7. The molecule has 150 valence electrons. The maximum absolute atomic E-state index is 9.49. The van der Waals surface area contributed by atoms with Crippen LogP contribution in [0.1, 0.15) is 33.9 Å². The number of hydrogen-bond acceptors (Lipinski definition) is 3. The van der Waals surface area contributed by atoms with Crippen LogP contribution in [0.25, 0.3) is 0 Å². The predicted octanol–water partition coefficient (Wildman–Crippen LogP) is 4.92. The van der Waals surface area contributed by atoms with Gasteiger partial charge in [0.1, 0.15) is 5.75 Å². The molecule has 0 amide bonds. The van der Waals surface area contributed by atoms with Crippen molar-refractivity contribution >= 4 is 0 Å². The number of phenols is 1. The lowest BCUT2D eigenvalue weighted by molar-refractivity contribution is 0.105. The second-order valence-corrected chi connectivity index (χ2v) is 8.21. The number of benzene rings is 3. The number of phenolic OH excluding ortho intramolecular Hbond substituents is 1. The smallest absolute Gasteiger partial charge is 0.115 e. The molecule has 1 aliphatic rings. The molecule has 0 bridgehead atoms. The molecule has 1 heterocycles. The van der Waals surface area contributed by atoms with Crippen molar-refractivity contribution < 1.29 is 5.11 Å². The molecular weight excluding hydrogens is 356 g/mol. The van der Waals surface area contributed by atoms with Crippen molar-refractivity contribution in [2.24, 2.45) is 0 Å². The van der Waals surface area contributed by atoms with E-state index in [1.807, 2.05) is 12.1 Å². The van der Waals surface area contributed by atoms with Crippen LogP contribution in [0.5, 0.6) is 5.75 Å². The molecule has 29 heavy (non-hydrogen) atoms. The zero-order valence-electron chi connectivity index (χ0n) is 17.4. The molecule has 1 fully saturated rings. The van der Waals surface area contributed by atoms with Gasteiger partial charge >= 0.3 is 0 Å². The molecule has 0 spiro atoms. The van der Waals surface area contributed by atoms with Crippen molar-refractivity contribution in [3.05, 3.63) is 101 Å². The molecule has 3 aromatic rings. The van der Waals surface area contributed by atoms with E-state index >= 15 is 0 Å². The third-order valence-electron chi connectivity index (χ3n) is 5.83. The topological polar surface area (TPSA) is 26.7 Å². The Bertz CT molecular complexity index is 897. The summed E-state index contributed by atoms with van der Waals surface area (Å²) in [5, 5.41) is 9.49. The molecular formula is C26H30N2O. The fourth-order valence-corrected chi connectivity index (χ4v) is 4.33. The van der Waals surface area contributed by atoms with Gasteiger partial charge in [0.25, 0.3) is 0 Å². The first-order valence-electron chi connectivity index (χ1n) is 10.5. The number of rotatable bonds is 5. The highest BCUT2D eigenvalue weighted by Gasteiger charge is 2.26. The summed E-state index contributed by atoms with van der Waals surface area (Å²) in [5.41, 5.74) is 6.63. The fourth-order valence-electron chi connectivity index (χ4n) is 4.33. The molecule has 1 aliphatic heterocycles. The van der Waals surface area contributed by atoms with Crippen molar-refractivity contribution in [3.63, 3.8) is 0 Å². The van der Waals surface area contributed by atoms with Crippen molar-refractivity contribution in [3.8, 4) is 5.75 Å². The number of aryl methyl sites for hydroxylation is 2. The van der Waals surface area contributed by atoms with E-state index in [1.165, 1.54) is 27.8 Å². The van der Waals surface area contributed by atoms with Crippen LogP contribution in [-0.4, -0.2) is 41.1 Å². The molecule has 0 atom stereocenters. The van der Waals surface area contributed by atoms with Gasteiger partial charge in [0.15, 0.2) is 0 Å². The quantitative estimate of drug-likeness (QED) is 0.674. The van der Waals surface area contributed by atoms with Gasteiger partial charge in [-0.3, -0.25) is 9.80 Å². The Kier molecular flexibility index (Phi) is 5.98. The highest BCUT2D eigenvalue weighted by atomic mass is 16.3. The Hall–Kier alpha value is -2.62. The average Bonchev–Trinajstić information content (AvgIpc) is 2.71. The van der Waals surface area contributed by atoms with E-state index in [1.54, 1.807) is 12.1 Å². The third-order valence-corrected chi connectivity index (χ3v) is 5.83. The molecule has 3 aromatic carbocycles. The lowest BCUT2D eigenvalue weighted by Gasteiger charge is -2.40. The molecule has 0 aromatic heterocycles. The van der Waals surface area contributed by atoms with E-state index < -0.39 is 0 Å². The number of piperazine rings is 1. The van der Waals surface area contributed by atoms with Gasteiger partial charge in [0, 0.05) is 32.7 Å². The van der Waals surface area contributed by atoms with Crippen LogP contribution < -0.4 is 0 Å². The zero-order valence-corrected chi connectivity index (χ0v) is 17.4. The Morgan fingerprint density at radius 3 is 1.83 bits per heavy atom. The Labute approximate surface area is 174 Å². The summed E-state index contributed by atoms with van der Waals surface area (Å²) in [6.07, 6.45) is 0. The molecule has 0 unspecified atom stereocenters. The minimum atomic E-state index is 0.297. The van der Waals surface area contributed by atoms with Crippen LogP contribution in [-0.2, 0) is 6.54 Å². The van der Waals surface area contributed by atoms with Crippen molar-refractivity contribution in [1.29, 1.82) is 0 Å². The van der Waals surface area contributed by atoms with Crippen LogP contribution >= 0.6 is 0 Å². The van der Waals surface area contributed by atoms with Crippen molar-refractivity contribution in [2.45, 2.75) is 26.4 Å². The monoisotopic (exact) mass is 386 g/mol. The first-order chi connectivity index (χ1) is 14.1. The molecule has 1 saturated heterocycles. The van der Waals surface area contributed by atoms with Crippen LogP contribution in [0, 0.1) is 13.8 Å². The maximum atomic E-state index is 9.49. The Morgan fingerprint density at radius 1 is 0.759 bits per heavy atom. The fraction of sp³-hybridized carbons (Fsp3) is 0.308. The third kappa shape index (κ3) is 4.87. The first-order valence-corrected chi connectivity index (χ1v) is 10.5. The number of aromatic hydroxyl groups is 1. The summed E-state index contributed by atoms with van der Waals surface area (Å²) in [4.78, 5) is 5.13. The SMILES string of the molecule is Cc1cccc(C(c2cccc(C)c2)N2CCN(Cc3ccc(O)cc3)CC2)c1. The highest BCUT2D eigenvalue weighted by Crippen LogP contribution is 2.31. The van der Waals surface area contributed by atoms with Crippen LogP contribution in [0.15, 0.2) is 72.8 Å². The van der Waals surface area contributed by atoms with E-state index in [-0.39, 0.29) is 0 Å². The minimum Gasteiger partial charge on any atom is -0.508 e. The molecule has 1 N–H and O–H groups in total. The summed E-state index contributed by atoms with van der Waals surface area (Å²) < 4.78 is 0. The molecule has 0 saturated carbocycles. The molecule has 0 radical (unpaired) electrons. The summed E-state index contributed by atoms with van der Waals surface area (Å²) in [6, 6.07) is 25.8. The molecule has 3 nitrogen and oxygen atoms in total. The second-order valence-electron chi connectivity index (χ2n) is 8.21. The van der Waals surface area contributed by atoms with Crippen molar-refractivity contribution in [2.75, 3.05) is 26.2 Å². The predicted molar refractivity (Wildman–Crippen MR) is 119 cm³/mol. The van der Waals surface area contributed by atoms with E-state index in [4.69, 9.17) is 0 Å². The lowest BCUT2D eigenvalue weighted by Crippen LogP contribution is -2.47. The van der Waals surface area contributed by atoms with Gasteiger partial charge in [-0.05, 0) is 42.7 Å². The average molecular weight is 387 g/mol. The zero-order chi connectivity index (χ0) is 20.2. The van der Waals surface area contributed by atoms with E-state index in [0.717, 1.165) is 32.7 Å². The van der Waals surface area contributed by atoms with Gasteiger partial charge in [-0.2, -0.15) is 0 Å². The minimum absolute atomic E-state index is 0.297. The molecule has 4 rings (SSSR count). The Morgan fingerprint density at radius 2 is 1.31 bits per heavy atom. The van der Waals surface area contributed by atoms with Crippen LogP contribution in [0.3, 0.4) is 0 Å². The van der Waals surface area contributed by atoms with E-state index in [0.29, 0.717) is 11.8 Å². The summed E-state index contributed by atoms with van der Waals surface area (Å²) in [6.45, 7) is 9.48. The summed E-state index contributed by atoms with van der Waals surface area (Å²) >= 11 is 0. The van der Waals surface area contributed by atoms with Gasteiger partial charge in [0.2, 0.25) is 0 Å². The Balaban J connectivity index is 1.51. The van der Waals surface area contributed by atoms with Crippen LogP contribution in [0.4, 0.5) is 0 Å². The van der Waals surface area contributed by atoms with E-state index in [9.17, 15) is 5.11 Å². The lowest BCUT2D eigenvalue weighted by atomic mass is 9.94. The largest absolute Gasteiger partial charge is 0.508 e. The summed E-state index contributed by atoms with van der Waals surface area (Å²) in [5.74, 6) is 0.331. The van der Waals surface area contributed by atoms with E-state index in [2.05, 4.69) is 72.2 Å². The van der Waals surface area contributed by atoms with Gasteiger partial charge in [0.05, 0.1) is 6.04 Å². The number of nitrogens with zero attached hydrogens (tertiary/aromatic N) is 2. The maximum Gasteiger partial charge on any atom is 0.115 e. The van der Waals surface area contributed by atoms with Gasteiger partial charge in [-0.15, -0.1) is 0 Å². The second kappa shape index (κ2) is 8.81. The van der Waals surface area contributed by atoms with Crippen molar-refractivity contribution in [1.82, 2.24) is 9.80 Å². The molecule has 0 aliphatic carbocycles. The van der Waals surface area contributed by atoms with Gasteiger partial charge < -0.3 is 5.11 Å². The summed E-state index contributed by atoms with van der Waals surface area (Å²) in [7, 11) is 0. The highest BCUT2D eigenvalue weighted by molar-refractivity contribution is 5.36. The van der Waals surface area contributed by atoms with Gasteiger partial charge in [-0.25, -0.2) is 0 Å². The number of hydrogen-bond donors (Lipinski definition) is 1.